The molecular formula is C15H15N3O. The van der Waals surface area contributed by atoms with Crippen LogP contribution < -0.4 is 0 Å². The highest BCUT2D eigenvalue weighted by atomic mass is 16.3. The molecule has 0 bridgehead atoms. The zero-order chi connectivity index (χ0) is 12.8. The number of imidazole rings is 1. The lowest BCUT2D eigenvalue weighted by molar-refractivity contribution is 0.320. The number of pyridine rings is 1. The van der Waals surface area contributed by atoms with Crippen LogP contribution in [0.4, 0.5) is 0 Å². The second-order valence-electron chi connectivity index (χ2n) is 5.15. The molecule has 4 nitrogen and oxygen atoms in total. The summed E-state index contributed by atoms with van der Waals surface area (Å²) in [5.41, 5.74) is 1.91. The van der Waals surface area contributed by atoms with Crippen molar-refractivity contribution >= 4 is 11.2 Å². The molecule has 0 N–H and O–H groups in total. The van der Waals surface area contributed by atoms with E-state index in [1.807, 2.05) is 37.4 Å². The summed E-state index contributed by atoms with van der Waals surface area (Å²) in [6.07, 6.45) is 5.52. The highest BCUT2D eigenvalue weighted by Crippen LogP contribution is 2.38. The summed E-state index contributed by atoms with van der Waals surface area (Å²) in [6, 6.07) is 8.42. The van der Waals surface area contributed by atoms with E-state index in [2.05, 4.69) is 9.55 Å². The number of aromatic nitrogens is 3. The molecule has 1 fully saturated rings. The zero-order valence-corrected chi connectivity index (χ0v) is 10.8. The van der Waals surface area contributed by atoms with Crippen molar-refractivity contribution in [2.45, 2.75) is 32.2 Å². The molecule has 3 aromatic heterocycles. The van der Waals surface area contributed by atoms with Gasteiger partial charge in [-0.2, -0.15) is 0 Å². The minimum atomic E-state index is 0.514. The Hall–Kier alpha value is -2.10. The van der Waals surface area contributed by atoms with Crippen molar-refractivity contribution in [3.05, 3.63) is 36.2 Å². The highest BCUT2D eigenvalue weighted by Gasteiger charge is 2.26. The second-order valence-corrected chi connectivity index (χ2v) is 5.15. The van der Waals surface area contributed by atoms with Crippen LogP contribution in [0.5, 0.6) is 0 Å². The van der Waals surface area contributed by atoms with E-state index < -0.39 is 0 Å². The van der Waals surface area contributed by atoms with Crippen molar-refractivity contribution in [3.63, 3.8) is 0 Å². The second kappa shape index (κ2) is 3.95. The third-order valence-corrected chi connectivity index (χ3v) is 3.85. The third kappa shape index (κ3) is 1.59. The molecule has 1 aliphatic rings. The number of furan rings is 1. The summed E-state index contributed by atoms with van der Waals surface area (Å²) >= 11 is 0. The molecule has 19 heavy (non-hydrogen) atoms. The third-order valence-electron chi connectivity index (χ3n) is 3.85. The standard InChI is InChI=1S/C15H15N3O/c1-10-7-8-13(19-10)15-17-12-6-3-9-16-14(12)18(15)11-4-2-5-11/h3,6-9,11H,2,4-5H2,1H3. The molecular weight excluding hydrogens is 238 g/mol. The summed E-state index contributed by atoms with van der Waals surface area (Å²) in [6.45, 7) is 1.96. The van der Waals surface area contributed by atoms with E-state index in [1.165, 1.54) is 19.3 Å². The SMILES string of the molecule is Cc1ccc(-c2nc3cccnc3n2C2CCC2)o1. The number of nitrogens with zero attached hydrogens (tertiary/aromatic N) is 3. The van der Waals surface area contributed by atoms with Gasteiger partial charge in [-0.05, 0) is 50.5 Å². The van der Waals surface area contributed by atoms with Gasteiger partial charge in [-0.1, -0.05) is 0 Å². The van der Waals surface area contributed by atoms with Crippen LogP contribution in [0, 0.1) is 6.92 Å². The number of fused-ring (bicyclic) bond motifs is 1. The molecule has 0 radical (unpaired) electrons. The van der Waals surface area contributed by atoms with E-state index in [1.54, 1.807) is 0 Å². The number of hydrogen-bond donors (Lipinski definition) is 0. The summed E-state index contributed by atoms with van der Waals surface area (Å²) in [5.74, 6) is 2.66. The smallest absolute Gasteiger partial charge is 0.178 e. The maximum Gasteiger partial charge on any atom is 0.178 e. The van der Waals surface area contributed by atoms with Gasteiger partial charge in [0.05, 0.1) is 0 Å². The maximum atomic E-state index is 5.75. The Morgan fingerprint density at radius 2 is 2.16 bits per heavy atom. The predicted octanol–water partition coefficient (Wildman–Crippen LogP) is 3.72. The Morgan fingerprint density at radius 1 is 1.26 bits per heavy atom. The average Bonchev–Trinajstić information content (AvgIpc) is 2.92. The van der Waals surface area contributed by atoms with Crippen molar-refractivity contribution in [1.29, 1.82) is 0 Å². The Kier molecular flexibility index (Phi) is 2.24. The van der Waals surface area contributed by atoms with Crippen LogP contribution in [0.3, 0.4) is 0 Å². The quantitative estimate of drug-likeness (QED) is 0.699. The van der Waals surface area contributed by atoms with Gasteiger partial charge in [0.1, 0.15) is 11.3 Å². The summed E-state index contributed by atoms with van der Waals surface area (Å²) in [7, 11) is 0. The summed E-state index contributed by atoms with van der Waals surface area (Å²) in [5, 5.41) is 0. The Balaban J connectivity index is 1.98. The predicted molar refractivity (Wildman–Crippen MR) is 72.9 cm³/mol. The van der Waals surface area contributed by atoms with Gasteiger partial charge in [-0.15, -0.1) is 0 Å². The molecule has 4 heteroatoms. The molecule has 0 atom stereocenters. The first-order valence-electron chi connectivity index (χ1n) is 6.73. The van der Waals surface area contributed by atoms with Gasteiger partial charge in [0.15, 0.2) is 17.2 Å². The Morgan fingerprint density at radius 3 is 2.84 bits per heavy atom. The van der Waals surface area contributed by atoms with Crippen LogP contribution in [0.15, 0.2) is 34.9 Å². The van der Waals surface area contributed by atoms with Gasteiger partial charge in [0.2, 0.25) is 0 Å². The van der Waals surface area contributed by atoms with Crippen LogP contribution >= 0.6 is 0 Å². The van der Waals surface area contributed by atoms with Crippen LogP contribution in [0.1, 0.15) is 31.1 Å². The van der Waals surface area contributed by atoms with Gasteiger partial charge < -0.3 is 8.98 Å². The van der Waals surface area contributed by atoms with E-state index in [9.17, 15) is 0 Å². The van der Waals surface area contributed by atoms with Crippen molar-refractivity contribution in [1.82, 2.24) is 14.5 Å². The summed E-state index contributed by atoms with van der Waals surface area (Å²) in [4.78, 5) is 9.20. The average molecular weight is 253 g/mol. The van der Waals surface area contributed by atoms with Crippen LogP contribution in [0.2, 0.25) is 0 Å². The van der Waals surface area contributed by atoms with Gasteiger partial charge in [-0.3, -0.25) is 0 Å². The molecule has 3 heterocycles. The molecule has 1 saturated carbocycles. The Bertz CT molecular complexity index is 737. The van der Waals surface area contributed by atoms with Crippen LogP contribution in [-0.4, -0.2) is 14.5 Å². The van der Waals surface area contributed by atoms with Crippen molar-refractivity contribution in [2.75, 3.05) is 0 Å². The molecule has 0 aliphatic heterocycles. The fourth-order valence-corrected chi connectivity index (χ4v) is 2.65. The van der Waals surface area contributed by atoms with E-state index in [-0.39, 0.29) is 0 Å². The molecule has 0 aromatic carbocycles. The van der Waals surface area contributed by atoms with E-state index >= 15 is 0 Å². The monoisotopic (exact) mass is 253 g/mol. The van der Waals surface area contributed by atoms with E-state index in [0.717, 1.165) is 28.5 Å². The first-order chi connectivity index (χ1) is 9.33. The van der Waals surface area contributed by atoms with Crippen molar-refractivity contribution in [2.24, 2.45) is 0 Å². The van der Waals surface area contributed by atoms with Gasteiger partial charge in [0, 0.05) is 12.2 Å². The lowest BCUT2D eigenvalue weighted by Crippen LogP contribution is -2.18. The van der Waals surface area contributed by atoms with Crippen molar-refractivity contribution < 1.29 is 4.42 Å². The number of rotatable bonds is 2. The highest BCUT2D eigenvalue weighted by molar-refractivity contribution is 5.76. The minimum absolute atomic E-state index is 0.514. The summed E-state index contributed by atoms with van der Waals surface area (Å²) < 4.78 is 7.99. The topological polar surface area (TPSA) is 43.9 Å². The lowest BCUT2D eigenvalue weighted by atomic mass is 9.92. The molecule has 0 unspecified atom stereocenters. The Labute approximate surface area is 111 Å². The first kappa shape index (κ1) is 10.8. The normalized spacial score (nSPS) is 15.8. The molecule has 96 valence electrons. The van der Waals surface area contributed by atoms with Crippen LogP contribution in [-0.2, 0) is 0 Å². The minimum Gasteiger partial charge on any atom is -0.458 e. The molecule has 4 rings (SSSR count). The van der Waals surface area contributed by atoms with Crippen LogP contribution in [0.25, 0.3) is 22.7 Å². The first-order valence-corrected chi connectivity index (χ1v) is 6.73. The van der Waals surface area contributed by atoms with Gasteiger partial charge >= 0.3 is 0 Å². The molecule has 0 saturated heterocycles. The van der Waals surface area contributed by atoms with Crippen molar-refractivity contribution in [3.8, 4) is 11.6 Å². The number of hydrogen-bond acceptors (Lipinski definition) is 3. The fourth-order valence-electron chi connectivity index (χ4n) is 2.65. The lowest BCUT2D eigenvalue weighted by Gasteiger charge is -2.28. The fraction of sp³-hybridized carbons (Fsp3) is 0.333. The zero-order valence-electron chi connectivity index (χ0n) is 10.8. The largest absolute Gasteiger partial charge is 0.458 e. The molecule has 3 aromatic rings. The maximum absolute atomic E-state index is 5.75. The molecule has 0 amide bonds. The van der Waals surface area contributed by atoms with Gasteiger partial charge in [0.25, 0.3) is 0 Å². The molecule has 0 spiro atoms. The van der Waals surface area contributed by atoms with E-state index in [4.69, 9.17) is 9.40 Å². The van der Waals surface area contributed by atoms with E-state index in [0.29, 0.717) is 6.04 Å². The molecule has 1 aliphatic carbocycles. The number of aryl methyl sites for hydroxylation is 1. The van der Waals surface area contributed by atoms with Gasteiger partial charge in [-0.25, -0.2) is 9.97 Å².